The number of rotatable bonds is 4. The van der Waals surface area contributed by atoms with Gasteiger partial charge in [-0.05, 0) is 24.5 Å². The maximum Gasteiger partial charge on any atom is 0.490 e. The Hall–Kier alpha value is -3.43. The number of aryl methyl sites for hydroxylation is 1. The third-order valence-corrected chi connectivity index (χ3v) is 4.29. The number of hydrogen-bond acceptors (Lipinski definition) is 8. The second-order valence-corrected chi connectivity index (χ2v) is 6.96. The predicted octanol–water partition coefficient (Wildman–Crippen LogP) is 2.57. The zero-order valence-corrected chi connectivity index (χ0v) is 17.5. The molecule has 1 saturated heterocycles. The van der Waals surface area contributed by atoms with Crippen molar-refractivity contribution in [2.75, 3.05) is 13.1 Å². The summed E-state index contributed by atoms with van der Waals surface area (Å²) in [6, 6.07) is 2.26. The van der Waals surface area contributed by atoms with Crippen LogP contribution >= 0.6 is 0 Å². The Bertz CT molecular complexity index is 1010. The van der Waals surface area contributed by atoms with Gasteiger partial charge in [0.2, 0.25) is 11.8 Å². The molecule has 1 aliphatic heterocycles. The van der Waals surface area contributed by atoms with Gasteiger partial charge in [0.15, 0.2) is 0 Å². The predicted molar refractivity (Wildman–Crippen MR) is 99.4 cm³/mol. The number of aromatic nitrogens is 3. The summed E-state index contributed by atoms with van der Waals surface area (Å²) in [5.74, 6) is -3.23. The highest BCUT2D eigenvalue weighted by Crippen LogP contribution is 2.30. The fourth-order valence-electron chi connectivity index (χ4n) is 2.79. The molecule has 3 heterocycles. The van der Waals surface area contributed by atoms with Crippen LogP contribution in [-0.2, 0) is 17.5 Å². The molecule has 2 aromatic heterocycles. The maximum atomic E-state index is 13.0. The first-order valence-electron chi connectivity index (χ1n) is 9.55. The number of halogens is 6. The van der Waals surface area contributed by atoms with E-state index in [1.807, 2.05) is 0 Å². The van der Waals surface area contributed by atoms with Crippen molar-refractivity contribution in [2.24, 2.45) is 5.73 Å². The molecule has 16 heteroatoms. The largest absolute Gasteiger partial charge is 0.490 e. The minimum absolute atomic E-state index is 0.0756. The second-order valence-electron chi connectivity index (χ2n) is 6.96. The van der Waals surface area contributed by atoms with Crippen LogP contribution in [-0.4, -0.2) is 62.4 Å². The van der Waals surface area contributed by atoms with E-state index < -0.39 is 36.0 Å². The Kier molecular flexibility index (Phi) is 8.41. The highest BCUT2D eigenvalue weighted by Gasteiger charge is 2.38. The van der Waals surface area contributed by atoms with Gasteiger partial charge < -0.3 is 24.9 Å². The van der Waals surface area contributed by atoms with Crippen LogP contribution in [0.15, 0.2) is 16.5 Å². The molecule has 0 aliphatic carbocycles. The van der Waals surface area contributed by atoms with Crippen molar-refractivity contribution < 1.29 is 50.2 Å². The van der Waals surface area contributed by atoms with Crippen LogP contribution in [0.25, 0.3) is 0 Å². The molecule has 10 nitrogen and oxygen atoms in total. The molecule has 0 bridgehead atoms. The Morgan fingerprint density at radius 1 is 1.24 bits per heavy atom. The average Bonchev–Trinajstić information content (AvgIpc) is 3.18. The number of ether oxygens (including phenoxy) is 1. The van der Waals surface area contributed by atoms with Crippen molar-refractivity contribution in [2.45, 2.75) is 44.8 Å². The Balaban J connectivity index is 0.000000509. The van der Waals surface area contributed by atoms with Gasteiger partial charge in [-0.1, -0.05) is 0 Å². The number of carboxylic acids is 1. The van der Waals surface area contributed by atoms with E-state index in [0.717, 1.165) is 6.07 Å². The number of nitrogens with two attached hydrogens (primary N) is 1. The first kappa shape index (κ1) is 26.8. The minimum atomic E-state index is -5.08. The van der Waals surface area contributed by atoms with Crippen LogP contribution in [0.5, 0.6) is 5.88 Å². The molecule has 2 aromatic rings. The summed E-state index contributed by atoms with van der Waals surface area (Å²) < 4.78 is 81.4. The van der Waals surface area contributed by atoms with Crippen molar-refractivity contribution >= 4 is 11.9 Å². The summed E-state index contributed by atoms with van der Waals surface area (Å²) in [4.78, 5) is 26.3. The van der Waals surface area contributed by atoms with E-state index >= 15 is 0 Å². The minimum Gasteiger partial charge on any atom is -0.475 e. The number of carbonyl (C=O) groups is 2. The summed E-state index contributed by atoms with van der Waals surface area (Å²) in [6.45, 7) is 2.13. The normalized spacial score (nSPS) is 16.5. The first-order chi connectivity index (χ1) is 15.7. The number of hydrogen-bond donors (Lipinski definition) is 2. The topological polar surface area (TPSA) is 145 Å². The van der Waals surface area contributed by atoms with Gasteiger partial charge in [-0.15, -0.1) is 10.2 Å². The molecule has 1 amide bonds. The van der Waals surface area contributed by atoms with E-state index in [9.17, 15) is 31.1 Å². The molecule has 0 saturated carbocycles. The van der Waals surface area contributed by atoms with Gasteiger partial charge in [-0.25, -0.2) is 9.78 Å². The van der Waals surface area contributed by atoms with Crippen LogP contribution in [0, 0.1) is 6.92 Å². The van der Waals surface area contributed by atoms with Crippen molar-refractivity contribution in [1.29, 1.82) is 0 Å². The maximum absolute atomic E-state index is 13.0. The van der Waals surface area contributed by atoms with Crippen LogP contribution in [0.2, 0.25) is 0 Å². The lowest BCUT2D eigenvalue weighted by Gasteiger charge is -2.31. The van der Waals surface area contributed by atoms with Crippen LogP contribution in [0.3, 0.4) is 0 Å². The van der Waals surface area contributed by atoms with Crippen molar-refractivity contribution in [3.63, 3.8) is 0 Å². The summed E-state index contributed by atoms with van der Waals surface area (Å²) in [5, 5.41) is 14.4. The van der Waals surface area contributed by atoms with Crippen LogP contribution in [0.4, 0.5) is 26.3 Å². The molecule has 1 fully saturated rings. The second kappa shape index (κ2) is 10.7. The number of alkyl halides is 6. The molecule has 0 unspecified atom stereocenters. The Morgan fingerprint density at radius 3 is 2.38 bits per heavy atom. The van der Waals surface area contributed by atoms with Crippen LogP contribution in [0.1, 0.15) is 40.7 Å². The highest BCUT2D eigenvalue weighted by molar-refractivity contribution is 5.89. The SMILES string of the molecule is Cc1nnc(C(=O)N2CCC[C@H](Oc3cc(CN)cc(C(F)(F)F)n3)C2)o1.O=C(O)C(F)(F)F. The quantitative estimate of drug-likeness (QED) is 0.607. The summed E-state index contributed by atoms with van der Waals surface area (Å²) in [6.07, 6.45) is -9.00. The zero-order chi connectivity index (χ0) is 25.7. The van der Waals surface area contributed by atoms with Gasteiger partial charge >= 0.3 is 30.1 Å². The molecule has 0 aromatic carbocycles. The molecular formula is C18H19F6N5O5. The molecule has 188 valence electrons. The fourth-order valence-corrected chi connectivity index (χ4v) is 2.79. The van der Waals surface area contributed by atoms with Crippen molar-refractivity contribution in [3.05, 3.63) is 35.2 Å². The van der Waals surface area contributed by atoms with Crippen molar-refractivity contribution in [3.8, 4) is 5.88 Å². The van der Waals surface area contributed by atoms with E-state index in [2.05, 4.69) is 15.2 Å². The number of aliphatic carboxylic acids is 1. The lowest BCUT2D eigenvalue weighted by Crippen LogP contribution is -2.44. The molecule has 0 radical (unpaired) electrons. The Morgan fingerprint density at radius 2 is 1.88 bits per heavy atom. The van der Waals surface area contributed by atoms with Gasteiger partial charge in [0.25, 0.3) is 0 Å². The molecule has 34 heavy (non-hydrogen) atoms. The summed E-state index contributed by atoms with van der Waals surface area (Å²) >= 11 is 0. The van der Waals surface area contributed by atoms with Crippen molar-refractivity contribution in [1.82, 2.24) is 20.1 Å². The van der Waals surface area contributed by atoms with Crippen LogP contribution < -0.4 is 10.5 Å². The van der Waals surface area contributed by atoms with Gasteiger partial charge in [-0.3, -0.25) is 4.79 Å². The molecule has 1 atom stereocenters. The van der Waals surface area contributed by atoms with Gasteiger partial charge in [-0.2, -0.15) is 26.3 Å². The van der Waals surface area contributed by atoms with Gasteiger partial charge in [0, 0.05) is 26.1 Å². The number of nitrogens with zero attached hydrogens (tertiary/aromatic N) is 4. The monoisotopic (exact) mass is 499 g/mol. The zero-order valence-electron chi connectivity index (χ0n) is 17.5. The number of likely N-dealkylation sites (tertiary alicyclic amines) is 1. The number of carbonyl (C=O) groups excluding carboxylic acids is 1. The van der Waals surface area contributed by atoms with E-state index in [0.29, 0.717) is 19.4 Å². The van der Waals surface area contributed by atoms with E-state index in [4.69, 9.17) is 24.8 Å². The summed E-state index contributed by atoms with van der Waals surface area (Å²) in [5.41, 5.74) is 4.66. The number of amides is 1. The van der Waals surface area contributed by atoms with Gasteiger partial charge in [0.1, 0.15) is 11.8 Å². The number of carboxylic acid groups (broad SMARTS) is 1. The summed E-state index contributed by atoms with van der Waals surface area (Å²) in [7, 11) is 0. The Labute approximate surface area is 187 Å². The fraction of sp³-hybridized carbons (Fsp3) is 0.500. The molecule has 3 rings (SSSR count). The number of pyridine rings is 1. The third kappa shape index (κ3) is 7.57. The van der Waals surface area contributed by atoms with E-state index in [-0.39, 0.29) is 36.3 Å². The molecular weight excluding hydrogens is 480 g/mol. The first-order valence-corrected chi connectivity index (χ1v) is 9.55. The molecule has 0 spiro atoms. The smallest absolute Gasteiger partial charge is 0.475 e. The van der Waals surface area contributed by atoms with Gasteiger partial charge in [0.05, 0.1) is 6.54 Å². The van der Waals surface area contributed by atoms with E-state index in [1.54, 1.807) is 6.92 Å². The lowest BCUT2D eigenvalue weighted by molar-refractivity contribution is -0.192. The molecule has 3 N–H and O–H groups in total. The standard InChI is InChI=1S/C16H18F3N5O3.C2HF3O2/c1-9-22-23-14(26-9)15(25)24-4-2-3-11(8-24)27-13-6-10(7-20)5-12(21-13)16(17,18)19;3-2(4,5)1(6)7/h5-6,11H,2-4,7-8,20H2,1H3;(H,6,7)/t11-;/m0./s1. The third-order valence-electron chi connectivity index (χ3n) is 4.29. The highest BCUT2D eigenvalue weighted by atomic mass is 19.4. The molecule has 1 aliphatic rings. The lowest BCUT2D eigenvalue weighted by atomic mass is 10.1. The number of piperidine rings is 1. The van der Waals surface area contributed by atoms with E-state index in [1.165, 1.54) is 11.0 Å². The average molecular weight is 499 g/mol.